The molecule has 0 saturated carbocycles. The molecule has 8 nitrogen and oxygen atoms in total. The second-order valence-electron chi connectivity index (χ2n) is 9.99. The third-order valence-corrected chi connectivity index (χ3v) is 5.57. The van der Waals surface area contributed by atoms with Crippen molar-refractivity contribution in [2.45, 2.75) is 72.6 Å². The van der Waals surface area contributed by atoms with Crippen LogP contribution in [0.4, 0.5) is 10.5 Å². The highest BCUT2D eigenvalue weighted by atomic mass is 16.6. The Morgan fingerprint density at radius 1 is 1.03 bits per heavy atom. The summed E-state index contributed by atoms with van der Waals surface area (Å²) in [6.07, 6.45) is -0.256. The highest BCUT2D eigenvalue weighted by Crippen LogP contribution is 2.27. The largest absolute Gasteiger partial charge is 0.444 e. The van der Waals surface area contributed by atoms with Gasteiger partial charge in [0.2, 0.25) is 5.91 Å². The predicted molar refractivity (Wildman–Crippen MR) is 141 cm³/mol. The summed E-state index contributed by atoms with van der Waals surface area (Å²) in [6, 6.07) is 10.9. The Hall–Kier alpha value is -3.39. The van der Waals surface area contributed by atoms with E-state index in [-0.39, 0.29) is 12.5 Å². The number of hydrogen-bond donors (Lipinski definition) is 3. The first-order valence-electron chi connectivity index (χ1n) is 12.2. The van der Waals surface area contributed by atoms with Crippen molar-refractivity contribution in [3.8, 4) is 0 Å². The van der Waals surface area contributed by atoms with Crippen molar-refractivity contribution in [1.82, 2.24) is 10.2 Å². The van der Waals surface area contributed by atoms with Crippen LogP contribution in [0, 0.1) is 20.8 Å². The van der Waals surface area contributed by atoms with Gasteiger partial charge in [-0.15, -0.1) is 0 Å². The van der Waals surface area contributed by atoms with Crippen molar-refractivity contribution in [2.24, 2.45) is 0 Å². The lowest BCUT2D eigenvalue weighted by Crippen LogP contribution is -2.54. The van der Waals surface area contributed by atoms with Gasteiger partial charge in [0.15, 0.2) is 0 Å². The topological polar surface area (TPSA) is 108 Å². The fourth-order valence-corrected chi connectivity index (χ4v) is 3.96. The minimum Gasteiger partial charge on any atom is -0.444 e. The molecule has 8 heteroatoms. The Labute approximate surface area is 214 Å². The van der Waals surface area contributed by atoms with Gasteiger partial charge in [-0.2, -0.15) is 0 Å². The Balaban J connectivity index is 2.48. The number of nitrogens with zero attached hydrogens (tertiary/aromatic N) is 1. The predicted octanol–water partition coefficient (Wildman–Crippen LogP) is 4.42. The van der Waals surface area contributed by atoms with Gasteiger partial charge in [0, 0.05) is 12.2 Å². The summed E-state index contributed by atoms with van der Waals surface area (Å²) >= 11 is 0. The van der Waals surface area contributed by atoms with Gasteiger partial charge in [0.1, 0.15) is 17.7 Å². The molecule has 2 rings (SSSR count). The SMILES string of the molecule is CCCN(C(=O)C(CO)NC(=O)OC(C)(C)C)C(C(=O)Nc1c(C)cccc1C)c1cccc(C)c1. The highest BCUT2D eigenvalue weighted by molar-refractivity contribution is 6.00. The molecule has 2 aromatic carbocycles. The molecule has 0 heterocycles. The molecule has 0 aliphatic carbocycles. The normalized spacial score (nSPS) is 12.9. The van der Waals surface area contributed by atoms with Gasteiger partial charge in [-0.3, -0.25) is 9.59 Å². The van der Waals surface area contributed by atoms with Crippen LogP contribution >= 0.6 is 0 Å². The molecular weight excluding hydrogens is 458 g/mol. The molecule has 2 atom stereocenters. The maximum absolute atomic E-state index is 13.8. The first-order valence-corrected chi connectivity index (χ1v) is 12.2. The highest BCUT2D eigenvalue weighted by Gasteiger charge is 2.36. The zero-order valence-electron chi connectivity index (χ0n) is 22.3. The molecule has 196 valence electrons. The fourth-order valence-electron chi connectivity index (χ4n) is 3.96. The summed E-state index contributed by atoms with van der Waals surface area (Å²) < 4.78 is 5.26. The average molecular weight is 498 g/mol. The molecule has 0 aliphatic heterocycles. The van der Waals surface area contributed by atoms with Crippen LogP contribution in [0.1, 0.15) is 62.4 Å². The third-order valence-electron chi connectivity index (χ3n) is 5.57. The van der Waals surface area contributed by atoms with Crippen molar-refractivity contribution in [2.75, 3.05) is 18.5 Å². The number of aliphatic hydroxyl groups excluding tert-OH is 1. The second kappa shape index (κ2) is 12.5. The molecule has 0 radical (unpaired) electrons. The Morgan fingerprint density at radius 3 is 2.17 bits per heavy atom. The Morgan fingerprint density at radius 2 is 1.64 bits per heavy atom. The second-order valence-corrected chi connectivity index (χ2v) is 9.99. The molecule has 36 heavy (non-hydrogen) atoms. The lowest BCUT2D eigenvalue weighted by Gasteiger charge is -2.34. The summed E-state index contributed by atoms with van der Waals surface area (Å²) in [5, 5.41) is 15.4. The maximum Gasteiger partial charge on any atom is 0.408 e. The number of aliphatic hydroxyl groups is 1. The van der Waals surface area contributed by atoms with Gasteiger partial charge in [-0.1, -0.05) is 55.0 Å². The third kappa shape index (κ3) is 7.81. The number of rotatable bonds is 9. The summed E-state index contributed by atoms with van der Waals surface area (Å²) in [4.78, 5) is 41.2. The van der Waals surface area contributed by atoms with Crippen LogP contribution in [0.15, 0.2) is 42.5 Å². The van der Waals surface area contributed by atoms with Crippen molar-refractivity contribution < 1.29 is 24.2 Å². The monoisotopic (exact) mass is 497 g/mol. The van der Waals surface area contributed by atoms with Crippen LogP contribution < -0.4 is 10.6 Å². The van der Waals surface area contributed by atoms with E-state index in [9.17, 15) is 19.5 Å². The van der Waals surface area contributed by atoms with Crippen molar-refractivity contribution >= 4 is 23.6 Å². The van der Waals surface area contributed by atoms with Crippen molar-refractivity contribution in [3.05, 3.63) is 64.7 Å². The summed E-state index contributed by atoms with van der Waals surface area (Å²) in [5.41, 5.74) is 3.29. The quantitative estimate of drug-likeness (QED) is 0.475. The minimum absolute atomic E-state index is 0.240. The molecule has 2 aromatic rings. The first-order chi connectivity index (χ1) is 16.9. The number of nitrogens with one attached hydrogen (secondary N) is 2. The van der Waals surface area contributed by atoms with Gasteiger partial charge in [0.05, 0.1) is 6.61 Å². The number of hydrogen-bond acceptors (Lipinski definition) is 5. The van der Waals surface area contributed by atoms with E-state index in [4.69, 9.17) is 4.74 Å². The lowest BCUT2D eigenvalue weighted by molar-refractivity contribution is -0.141. The molecule has 0 aliphatic rings. The number of aryl methyl sites for hydroxylation is 3. The lowest BCUT2D eigenvalue weighted by atomic mass is 10.00. The van der Waals surface area contributed by atoms with E-state index in [1.165, 1.54) is 4.90 Å². The van der Waals surface area contributed by atoms with E-state index in [1.54, 1.807) is 26.8 Å². The molecule has 0 bridgehead atoms. The van der Waals surface area contributed by atoms with Crippen LogP contribution in [-0.4, -0.2) is 52.7 Å². The van der Waals surface area contributed by atoms with Crippen LogP contribution in [0.3, 0.4) is 0 Å². The van der Waals surface area contributed by atoms with E-state index in [0.29, 0.717) is 17.7 Å². The standard InChI is InChI=1S/C28H39N3O5/c1-8-15-31(26(34)22(17-32)29-27(35)36-28(5,6)7)24(21-14-9-11-18(2)16-21)25(33)30-23-19(3)12-10-13-20(23)4/h9-14,16,22,24,32H,8,15,17H2,1-7H3,(H,29,35)(H,30,33). The number of carbonyl (C=O) groups is 3. The van der Waals surface area contributed by atoms with Gasteiger partial charge in [-0.05, 0) is 64.7 Å². The number of para-hydroxylation sites is 1. The number of benzene rings is 2. The minimum atomic E-state index is -1.27. The van der Waals surface area contributed by atoms with Gasteiger partial charge >= 0.3 is 6.09 Å². The van der Waals surface area contributed by atoms with Crippen molar-refractivity contribution in [1.29, 1.82) is 0 Å². The zero-order chi connectivity index (χ0) is 27.0. The van der Waals surface area contributed by atoms with E-state index in [2.05, 4.69) is 10.6 Å². The molecule has 0 fully saturated rings. The number of carbonyl (C=O) groups excluding carboxylic acids is 3. The smallest absolute Gasteiger partial charge is 0.408 e. The molecule has 0 aromatic heterocycles. The summed E-state index contributed by atoms with van der Waals surface area (Å²) in [5.74, 6) is -0.956. The summed E-state index contributed by atoms with van der Waals surface area (Å²) in [6.45, 7) is 12.3. The maximum atomic E-state index is 13.8. The first kappa shape index (κ1) is 28.8. The average Bonchev–Trinajstić information content (AvgIpc) is 2.78. The Bertz CT molecular complexity index is 1060. The number of anilines is 1. The van der Waals surface area contributed by atoms with Crippen LogP contribution in [0.2, 0.25) is 0 Å². The number of amides is 3. The van der Waals surface area contributed by atoms with E-state index < -0.39 is 36.3 Å². The van der Waals surface area contributed by atoms with E-state index in [0.717, 1.165) is 16.7 Å². The number of ether oxygens (including phenoxy) is 1. The summed E-state index contributed by atoms with van der Waals surface area (Å²) in [7, 11) is 0. The number of alkyl carbamates (subject to hydrolysis) is 1. The van der Waals surface area contributed by atoms with Crippen LogP contribution in [-0.2, 0) is 14.3 Å². The van der Waals surface area contributed by atoms with Gasteiger partial charge in [-0.25, -0.2) is 4.79 Å². The molecule has 3 amide bonds. The van der Waals surface area contributed by atoms with E-state index in [1.807, 2.05) is 64.1 Å². The van der Waals surface area contributed by atoms with Gasteiger partial charge < -0.3 is 25.4 Å². The molecule has 3 N–H and O–H groups in total. The van der Waals surface area contributed by atoms with Crippen LogP contribution in [0.5, 0.6) is 0 Å². The van der Waals surface area contributed by atoms with Crippen molar-refractivity contribution in [3.63, 3.8) is 0 Å². The Kier molecular flexibility index (Phi) is 10.0. The van der Waals surface area contributed by atoms with E-state index >= 15 is 0 Å². The molecular formula is C28H39N3O5. The molecule has 0 saturated heterocycles. The van der Waals surface area contributed by atoms with Crippen LogP contribution in [0.25, 0.3) is 0 Å². The molecule has 2 unspecified atom stereocenters. The van der Waals surface area contributed by atoms with Gasteiger partial charge in [0.25, 0.3) is 5.91 Å². The fraction of sp³-hybridized carbons (Fsp3) is 0.464. The molecule has 0 spiro atoms. The zero-order valence-corrected chi connectivity index (χ0v) is 22.3.